The minimum absolute atomic E-state index is 0.0817. The van der Waals surface area contributed by atoms with Gasteiger partial charge >= 0.3 is 0 Å². The summed E-state index contributed by atoms with van der Waals surface area (Å²) in [4.78, 5) is 12.3. The van der Waals surface area contributed by atoms with E-state index in [-0.39, 0.29) is 11.8 Å². The molecule has 2 atom stereocenters. The van der Waals surface area contributed by atoms with Crippen LogP contribution in [-0.2, 0) is 11.2 Å². The number of aryl methyl sites for hydroxylation is 2. The Morgan fingerprint density at radius 2 is 2.16 bits per heavy atom. The van der Waals surface area contributed by atoms with Crippen LogP contribution in [0.3, 0.4) is 0 Å². The smallest absolute Gasteiger partial charge is 0.223 e. The van der Waals surface area contributed by atoms with E-state index >= 15 is 0 Å². The van der Waals surface area contributed by atoms with Crippen molar-refractivity contribution in [2.24, 2.45) is 5.92 Å². The number of rotatable bonds is 6. The molecule has 0 bridgehead atoms. The number of ether oxygens (including phenoxy) is 2. The van der Waals surface area contributed by atoms with Crippen LogP contribution < -0.4 is 14.8 Å². The fourth-order valence-corrected chi connectivity index (χ4v) is 3.39. The molecule has 1 aliphatic heterocycles. The Balaban J connectivity index is 1.25. The van der Waals surface area contributed by atoms with Crippen molar-refractivity contribution in [1.29, 1.82) is 0 Å². The number of aromatic nitrogens is 2. The minimum Gasteiger partial charge on any atom is -0.486 e. The molecule has 2 heterocycles. The van der Waals surface area contributed by atoms with Gasteiger partial charge in [-0.05, 0) is 55.4 Å². The van der Waals surface area contributed by atoms with E-state index in [9.17, 15) is 4.79 Å². The highest BCUT2D eigenvalue weighted by molar-refractivity contribution is 5.82. The van der Waals surface area contributed by atoms with Crippen LogP contribution in [0.5, 0.6) is 11.5 Å². The Bertz CT molecular complexity index is 771. The Kier molecular flexibility index (Phi) is 4.34. The number of nitrogens with zero attached hydrogens (tertiary/aromatic N) is 1. The summed E-state index contributed by atoms with van der Waals surface area (Å²) in [5.74, 6) is 2.13. The molecule has 1 aliphatic carbocycles. The summed E-state index contributed by atoms with van der Waals surface area (Å²) >= 11 is 0. The predicted molar refractivity (Wildman–Crippen MR) is 92.9 cm³/mol. The Labute approximate surface area is 146 Å². The molecule has 6 nitrogen and oxygen atoms in total. The van der Waals surface area contributed by atoms with Gasteiger partial charge in [0.25, 0.3) is 0 Å². The molecule has 25 heavy (non-hydrogen) atoms. The second-order valence-corrected chi connectivity index (χ2v) is 6.77. The van der Waals surface area contributed by atoms with Crippen LogP contribution in [0.25, 0.3) is 0 Å². The van der Waals surface area contributed by atoms with E-state index in [1.165, 1.54) is 11.1 Å². The van der Waals surface area contributed by atoms with Gasteiger partial charge in [0.15, 0.2) is 11.5 Å². The fourth-order valence-electron chi connectivity index (χ4n) is 3.39. The largest absolute Gasteiger partial charge is 0.486 e. The molecule has 1 fully saturated rings. The molecular formula is C19H23N3O3. The van der Waals surface area contributed by atoms with Gasteiger partial charge in [0.2, 0.25) is 5.91 Å². The number of aromatic amines is 1. The van der Waals surface area contributed by atoms with Crippen LogP contribution in [-0.4, -0.2) is 35.9 Å². The van der Waals surface area contributed by atoms with Crippen molar-refractivity contribution in [2.75, 3.05) is 19.8 Å². The molecular weight excluding hydrogens is 318 g/mol. The molecule has 1 aromatic heterocycles. The molecule has 1 saturated carbocycles. The monoisotopic (exact) mass is 341 g/mol. The molecule has 0 radical (unpaired) electrons. The normalized spacial score (nSPS) is 21.0. The average molecular weight is 341 g/mol. The first-order valence-corrected chi connectivity index (χ1v) is 8.88. The molecule has 1 amide bonds. The maximum Gasteiger partial charge on any atom is 0.223 e. The number of amides is 1. The van der Waals surface area contributed by atoms with Gasteiger partial charge in [0.1, 0.15) is 13.2 Å². The quantitative estimate of drug-likeness (QED) is 0.791. The zero-order chi connectivity index (χ0) is 17.2. The highest BCUT2D eigenvalue weighted by atomic mass is 16.6. The summed E-state index contributed by atoms with van der Waals surface area (Å²) < 4.78 is 11.2. The molecule has 2 N–H and O–H groups in total. The third-order valence-corrected chi connectivity index (χ3v) is 4.98. The van der Waals surface area contributed by atoms with E-state index in [0.29, 0.717) is 25.7 Å². The summed E-state index contributed by atoms with van der Waals surface area (Å²) in [6.45, 7) is 3.90. The highest BCUT2D eigenvalue weighted by Gasteiger charge is 2.44. The number of carbonyl (C=O) groups is 1. The van der Waals surface area contributed by atoms with Gasteiger partial charge < -0.3 is 14.8 Å². The fraction of sp³-hybridized carbons (Fsp3) is 0.474. The maximum atomic E-state index is 12.3. The van der Waals surface area contributed by atoms with E-state index in [1.807, 2.05) is 31.3 Å². The Morgan fingerprint density at radius 3 is 2.96 bits per heavy atom. The van der Waals surface area contributed by atoms with Gasteiger partial charge in [0.05, 0.1) is 6.20 Å². The van der Waals surface area contributed by atoms with E-state index in [2.05, 4.69) is 15.5 Å². The van der Waals surface area contributed by atoms with E-state index in [4.69, 9.17) is 9.47 Å². The lowest BCUT2D eigenvalue weighted by Crippen LogP contribution is -2.26. The zero-order valence-corrected chi connectivity index (χ0v) is 14.4. The molecule has 6 heteroatoms. The van der Waals surface area contributed by atoms with Gasteiger partial charge in [-0.3, -0.25) is 9.89 Å². The maximum absolute atomic E-state index is 12.3. The summed E-state index contributed by atoms with van der Waals surface area (Å²) in [5, 5.41) is 10.0. The molecule has 2 aliphatic rings. The van der Waals surface area contributed by atoms with Crippen LogP contribution >= 0.6 is 0 Å². The first kappa shape index (κ1) is 16.0. The first-order valence-electron chi connectivity index (χ1n) is 8.88. The second kappa shape index (κ2) is 6.78. The lowest BCUT2D eigenvalue weighted by Gasteiger charge is -2.18. The highest BCUT2D eigenvalue weighted by Crippen LogP contribution is 2.49. The van der Waals surface area contributed by atoms with Crippen molar-refractivity contribution >= 4 is 5.91 Å². The van der Waals surface area contributed by atoms with Gasteiger partial charge in [0, 0.05) is 18.2 Å². The SMILES string of the molecule is Cc1[nH]ncc1CCCNC(=O)[C@@H]1C[C@H]1c1ccc2c(c1)OCCO2. The molecule has 0 saturated heterocycles. The Morgan fingerprint density at radius 1 is 1.32 bits per heavy atom. The number of fused-ring (bicyclic) bond motifs is 1. The first-order chi connectivity index (χ1) is 12.2. The molecule has 132 valence electrons. The standard InChI is InChI=1S/C19H23N3O3/c1-12-14(11-21-22-12)3-2-6-20-19(23)16-10-15(16)13-4-5-17-18(9-13)25-8-7-24-17/h4-5,9,11,15-16H,2-3,6-8,10H2,1H3,(H,20,23)(H,21,22)/t15-,16+/m0/s1. The molecule has 0 unspecified atom stereocenters. The van der Waals surface area contributed by atoms with Crippen LogP contribution in [0.4, 0.5) is 0 Å². The van der Waals surface area contributed by atoms with Gasteiger partial charge in [-0.25, -0.2) is 0 Å². The van der Waals surface area contributed by atoms with Gasteiger partial charge in [-0.1, -0.05) is 6.07 Å². The molecule has 2 aromatic rings. The minimum atomic E-state index is 0.0817. The number of hydrogen-bond donors (Lipinski definition) is 2. The van der Waals surface area contributed by atoms with E-state index < -0.39 is 0 Å². The number of benzene rings is 1. The summed E-state index contributed by atoms with van der Waals surface area (Å²) in [6, 6.07) is 6.02. The second-order valence-electron chi connectivity index (χ2n) is 6.77. The van der Waals surface area contributed by atoms with Crippen LogP contribution in [0.1, 0.15) is 35.6 Å². The van der Waals surface area contributed by atoms with Crippen molar-refractivity contribution in [3.8, 4) is 11.5 Å². The van der Waals surface area contributed by atoms with E-state index in [0.717, 1.165) is 36.5 Å². The summed E-state index contributed by atoms with van der Waals surface area (Å²) in [7, 11) is 0. The number of hydrogen-bond acceptors (Lipinski definition) is 4. The topological polar surface area (TPSA) is 76.2 Å². The lowest BCUT2D eigenvalue weighted by atomic mass is 10.1. The zero-order valence-electron chi connectivity index (χ0n) is 14.4. The van der Waals surface area contributed by atoms with Gasteiger partial charge in [-0.2, -0.15) is 5.10 Å². The van der Waals surface area contributed by atoms with Gasteiger partial charge in [-0.15, -0.1) is 0 Å². The number of carbonyl (C=O) groups excluding carboxylic acids is 1. The number of H-pyrrole nitrogens is 1. The van der Waals surface area contributed by atoms with Crippen LogP contribution in [0.15, 0.2) is 24.4 Å². The van der Waals surface area contributed by atoms with Crippen molar-refractivity contribution in [3.63, 3.8) is 0 Å². The predicted octanol–water partition coefficient (Wildman–Crippen LogP) is 2.34. The third kappa shape index (κ3) is 3.48. The average Bonchev–Trinajstić information content (AvgIpc) is 3.34. The van der Waals surface area contributed by atoms with Crippen molar-refractivity contribution in [2.45, 2.75) is 32.1 Å². The molecule has 1 aromatic carbocycles. The van der Waals surface area contributed by atoms with Crippen molar-refractivity contribution in [1.82, 2.24) is 15.5 Å². The van der Waals surface area contributed by atoms with Crippen molar-refractivity contribution in [3.05, 3.63) is 41.2 Å². The summed E-state index contributed by atoms with van der Waals surface area (Å²) in [5.41, 5.74) is 3.49. The summed E-state index contributed by atoms with van der Waals surface area (Å²) in [6.07, 6.45) is 4.62. The molecule has 0 spiro atoms. The van der Waals surface area contributed by atoms with Crippen LogP contribution in [0, 0.1) is 12.8 Å². The van der Waals surface area contributed by atoms with Crippen molar-refractivity contribution < 1.29 is 14.3 Å². The molecule has 4 rings (SSSR count). The Hall–Kier alpha value is -2.50. The van der Waals surface area contributed by atoms with Crippen LogP contribution in [0.2, 0.25) is 0 Å². The lowest BCUT2D eigenvalue weighted by molar-refractivity contribution is -0.122. The van der Waals surface area contributed by atoms with E-state index in [1.54, 1.807) is 0 Å². The third-order valence-electron chi connectivity index (χ3n) is 4.98. The number of nitrogens with one attached hydrogen (secondary N) is 2.